The molecule has 2 aromatic carbocycles. The fraction of sp³-hybridized carbons (Fsp3) is 0.308. The maximum atomic E-state index is 13.8. The molecular formula is C26H27F3N4O2. The van der Waals surface area contributed by atoms with Gasteiger partial charge in [0.05, 0.1) is 11.1 Å². The number of halogens is 3. The molecule has 0 radical (unpaired) electrons. The smallest absolute Gasteiger partial charge is 0.417 e. The Bertz CT molecular complexity index is 1130. The molecule has 0 atom stereocenters. The largest absolute Gasteiger partial charge is 0.457 e. The molecule has 1 saturated heterocycles. The molecule has 1 aromatic heterocycles. The molecule has 9 heteroatoms. The van der Waals surface area contributed by atoms with Crippen molar-refractivity contribution in [2.75, 3.05) is 44.7 Å². The van der Waals surface area contributed by atoms with Gasteiger partial charge in [-0.25, -0.2) is 4.98 Å². The minimum absolute atomic E-state index is 0.190. The molecule has 1 N–H and O–H groups in total. The summed E-state index contributed by atoms with van der Waals surface area (Å²) in [5.74, 6) is 0.837. The van der Waals surface area contributed by atoms with Crippen molar-refractivity contribution in [2.45, 2.75) is 12.6 Å². The molecule has 1 aliphatic heterocycles. The van der Waals surface area contributed by atoms with Crippen molar-refractivity contribution in [1.82, 2.24) is 15.2 Å². The van der Waals surface area contributed by atoms with Crippen molar-refractivity contribution in [1.29, 1.82) is 0 Å². The molecule has 0 spiro atoms. The molecule has 1 fully saturated rings. The van der Waals surface area contributed by atoms with Crippen LogP contribution in [0.2, 0.25) is 0 Å². The molecule has 0 unspecified atom stereocenters. The number of likely N-dealkylation sites (N-methyl/N-ethyl adjacent to an activating group) is 1. The third kappa shape index (κ3) is 6.51. The highest BCUT2D eigenvalue weighted by molar-refractivity contribution is 5.95. The van der Waals surface area contributed by atoms with Gasteiger partial charge in [-0.05, 0) is 49.4 Å². The molecule has 35 heavy (non-hydrogen) atoms. The Labute approximate surface area is 202 Å². The number of para-hydroxylation sites is 1. The Balaban J connectivity index is 1.36. The number of hydrogen-bond donors (Lipinski definition) is 1. The third-order valence-corrected chi connectivity index (χ3v) is 5.87. The third-order valence-electron chi connectivity index (χ3n) is 5.87. The van der Waals surface area contributed by atoms with E-state index in [1.54, 1.807) is 0 Å². The Kier molecular flexibility index (Phi) is 7.55. The number of ether oxygens (including phenoxy) is 1. The average Bonchev–Trinajstić information content (AvgIpc) is 2.85. The number of alkyl halides is 3. The van der Waals surface area contributed by atoms with Crippen molar-refractivity contribution in [2.24, 2.45) is 0 Å². The van der Waals surface area contributed by atoms with Crippen LogP contribution in [0.5, 0.6) is 11.5 Å². The normalized spacial score (nSPS) is 14.6. The number of pyridine rings is 1. The number of anilines is 1. The quantitative estimate of drug-likeness (QED) is 0.531. The van der Waals surface area contributed by atoms with E-state index in [1.807, 2.05) is 66.5 Å². The predicted molar refractivity (Wildman–Crippen MR) is 128 cm³/mol. The van der Waals surface area contributed by atoms with Crippen molar-refractivity contribution in [3.05, 3.63) is 83.6 Å². The number of rotatable bonds is 7. The monoisotopic (exact) mass is 484 g/mol. The van der Waals surface area contributed by atoms with Crippen LogP contribution in [0.15, 0.2) is 66.9 Å². The van der Waals surface area contributed by atoms with E-state index in [0.717, 1.165) is 36.7 Å². The summed E-state index contributed by atoms with van der Waals surface area (Å²) in [6.45, 7) is 2.84. The molecule has 1 aliphatic rings. The molecular weight excluding hydrogens is 457 g/mol. The van der Waals surface area contributed by atoms with Crippen LogP contribution in [0.25, 0.3) is 0 Å². The summed E-state index contributed by atoms with van der Waals surface area (Å²) < 4.78 is 47.0. The number of piperazine rings is 1. The van der Waals surface area contributed by atoms with Gasteiger partial charge in [-0.15, -0.1) is 0 Å². The molecule has 1 amide bonds. The van der Waals surface area contributed by atoms with Crippen molar-refractivity contribution < 1.29 is 22.7 Å². The van der Waals surface area contributed by atoms with Crippen molar-refractivity contribution >= 4 is 11.7 Å². The Hall–Kier alpha value is -3.59. The fourth-order valence-electron chi connectivity index (χ4n) is 3.83. The van der Waals surface area contributed by atoms with E-state index in [-0.39, 0.29) is 12.4 Å². The summed E-state index contributed by atoms with van der Waals surface area (Å²) in [5, 5.41) is 2.59. The summed E-state index contributed by atoms with van der Waals surface area (Å²) in [6, 6.07) is 17.7. The van der Waals surface area contributed by atoms with E-state index in [1.165, 1.54) is 0 Å². The second kappa shape index (κ2) is 10.8. The van der Waals surface area contributed by atoms with Gasteiger partial charge in [0, 0.05) is 38.9 Å². The van der Waals surface area contributed by atoms with E-state index in [9.17, 15) is 18.0 Å². The van der Waals surface area contributed by atoms with Crippen molar-refractivity contribution in [3.63, 3.8) is 0 Å². The first kappa shape index (κ1) is 24.5. The van der Waals surface area contributed by atoms with Gasteiger partial charge in [0.1, 0.15) is 17.3 Å². The van der Waals surface area contributed by atoms with Gasteiger partial charge in [-0.3, -0.25) is 4.79 Å². The first-order chi connectivity index (χ1) is 16.8. The summed E-state index contributed by atoms with van der Waals surface area (Å²) >= 11 is 0. The van der Waals surface area contributed by atoms with E-state index >= 15 is 0 Å². The van der Waals surface area contributed by atoms with E-state index in [0.29, 0.717) is 25.3 Å². The molecule has 0 saturated carbocycles. The van der Waals surface area contributed by atoms with Crippen LogP contribution in [0, 0.1) is 0 Å². The Morgan fingerprint density at radius 3 is 2.31 bits per heavy atom. The number of carbonyl (C=O) groups excluding carboxylic acids is 1. The highest BCUT2D eigenvalue weighted by atomic mass is 19.4. The standard InChI is InChI=1S/C26H27F3N4O2/c1-32-13-15-33(16-14-32)24-17-23(26(27,28)29)22(18-31-24)25(34)30-12-11-19-7-9-21(10-8-19)35-20-5-3-2-4-6-20/h2-10,17-18H,11-16H2,1H3,(H,30,34). The number of carbonyl (C=O) groups is 1. The summed E-state index contributed by atoms with van der Waals surface area (Å²) in [4.78, 5) is 20.7. The van der Waals surface area contributed by atoms with Crippen molar-refractivity contribution in [3.8, 4) is 11.5 Å². The average molecular weight is 485 g/mol. The number of benzene rings is 2. The van der Waals surface area contributed by atoms with Gasteiger partial charge in [0.25, 0.3) is 5.91 Å². The lowest BCUT2D eigenvalue weighted by molar-refractivity contribution is -0.138. The highest BCUT2D eigenvalue weighted by Crippen LogP contribution is 2.34. The topological polar surface area (TPSA) is 57.7 Å². The van der Waals surface area contributed by atoms with Crippen LogP contribution in [-0.4, -0.2) is 55.6 Å². The Morgan fingerprint density at radius 2 is 1.66 bits per heavy atom. The minimum Gasteiger partial charge on any atom is -0.457 e. The van der Waals surface area contributed by atoms with Crippen LogP contribution >= 0.6 is 0 Å². The molecule has 184 valence electrons. The second-order valence-electron chi connectivity index (χ2n) is 8.44. The summed E-state index contributed by atoms with van der Waals surface area (Å²) in [6.07, 6.45) is -3.17. The van der Waals surface area contributed by atoms with Crippen LogP contribution in [0.3, 0.4) is 0 Å². The fourth-order valence-corrected chi connectivity index (χ4v) is 3.83. The number of nitrogens with zero attached hydrogens (tertiary/aromatic N) is 3. The molecule has 0 aliphatic carbocycles. The number of hydrogen-bond acceptors (Lipinski definition) is 5. The lowest BCUT2D eigenvalue weighted by Gasteiger charge is -2.33. The van der Waals surface area contributed by atoms with Crippen LogP contribution in [-0.2, 0) is 12.6 Å². The zero-order valence-electron chi connectivity index (χ0n) is 19.4. The molecule has 3 aromatic rings. The van der Waals surface area contributed by atoms with E-state index in [2.05, 4.69) is 15.2 Å². The zero-order valence-corrected chi connectivity index (χ0v) is 19.4. The number of nitrogens with one attached hydrogen (secondary N) is 1. The van der Waals surface area contributed by atoms with Crippen LogP contribution in [0.4, 0.5) is 19.0 Å². The van der Waals surface area contributed by atoms with Gasteiger partial charge in [-0.1, -0.05) is 30.3 Å². The first-order valence-electron chi connectivity index (χ1n) is 11.4. The van der Waals surface area contributed by atoms with Gasteiger partial charge in [-0.2, -0.15) is 13.2 Å². The number of amides is 1. The predicted octanol–water partition coefficient (Wildman–Crippen LogP) is 4.62. The van der Waals surface area contributed by atoms with Gasteiger partial charge >= 0.3 is 6.18 Å². The first-order valence-corrected chi connectivity index (χ1v) is 11.4. The van der Waals surface area contributed by atoms with E-state index in [4.69, 9.17) is 4.74 Å². The molecule has 6 nitrogen and oxygen atoms in total. The SMILES string of the molecule is CN1CCN(c2cc(C(F)(F)F)c(C(=O)NCCc3ccc(Oc4ccccc4)cc3)cn2)CC1. The lowest BCUT2D eigenvalue weighted by atomic mass is 10.1. The maximum Gasteiger partial charge on any atom is 0.417 e. The molecule has 2 heterocycles. The lowest BCUT2D eigenvalue weighted by Crippen LogP contribution is -2.45. The second-order valence-corrected chi connectivity index (χ2v) is 8.44. The van der Waals surface area contributed by atoms with Gasteiger partial charge < -0.3 is 19.9 Å². The molecule has 4 rings (SSSR count). The van der Waals surface area contributed by atoms with Gasteiger partial charge in [0.15, 0.2) is 0 Å². The van der Waals surface area contributed by atoms with Crippen LogP contribution in [0.1, 0.15) is 21.5 Å². The summed E-state index contributed by atoms with van der Waals surface area (Å²) in [5.41, 5.74) is -0.520. The maximum absolute atomic E-state index is 13.8. The van der Waals surface area contributed by atoms with Gasteiger partial charge in [0.2, 0.25) is 0 Å². The van der Waals surface area contributed by atoms with E-state index < -0.39 is 23.2 Å². The zero-order chi connectivity index (χ0) is 24.8. The Morgan fingerprint density at radius 1 is 1.00 bits per heavy atom. The summed E-state index contributed by atoms with van der Waals surface area (Å²) in [7, 11) is 1.96. The van der Waals surface area contributed by atoms with Crippen LogP contribution < -0.4 is 15.0 Å². The minimum atomic E-state index is -4.66. The molecule has 0 bridgehead atoms. The highest BCUT2D eigenvalue weighted by Gasteiger charge is 2.36. The number of aromatic nitrogens is 1.